The number of anilines is 3. The largest absolute Gasteiger partial charge is 0.436 e. The number of benzene rings is 2. The second-order valence-corrected chi connectivity index (χ2v) is 9.50. The molecule has 1 aliphatic rings. The molecule has 1 amide bonds. The number of aryl methyl sites for hydroxylation is 1. The predicted molar refractivity (Wildman–Crippen MR) is 152 cm³/mol. The van der Waals surface area contributed by atoms with Crippen LogP contribution in [0.3, 0.4) is 0 Å². The van der Waals surface area contributed by atoms with Crippen LogP contribution in [0, 0.1) is 18.6 Å². The summed E-state index contributed by atoms with van der Waals surface area (Å²) >= 11 is 0. The molecule has 2 aromatic carbocycles. The van der Waals surface area contributed by atoms with Crippen molar-refractivity contribution < 1.29 is 18.3 Å². The van der Waals surface area contributed by atoms with Crippen LogP contribution in [0.4, 0.5) is 26.1 Å². The number of nitrogens with one attached hydrogen (secondary N) is 1. The Morgan fingerprint density at radius 1 is 1.15 bits per heavy atom. The van der Waals surface area contributed by atoms with E-state index in [1.54, 1.807) is 36.4 Å². The van der Waals surface area contributed by atoms with Crippen LogP contribution >= 0.6 is 0 Å². The van der Waals surface area contributed by atoms with Crippen LogP contribution in [0.2, 0.25) is 0 Å². The third-order valence-corrected chi connectivity index (χ3v) is 6.93. The van der Waals surface area contributed by atoms with Gasteiger partial charge in [-0.3, -0.25) is 4.79 Å². The summed E-state index contributed by atoms with van der Waals surface area (Å²) in [6, 6.07) is 14.8. The summed E-state index contributed by atoms with van der Waals surface area (Å²) in [4.78, 5) is 26.4. The highest BCUT2D eigenvalue weighted by Gasteiger charge is 2.33. The quantitative estimate of drug-likeness (QED) is 0.259. The van der Waals surface area contributed by atoms with Crippen molar-refractivity contribution in [1.82, 2.24) is 24.8 Å². The molecule has 1 aliphatic heterocycles. The molecule has 9 nitrogen and oxygen atoms in total. The molecule has 0 radical (unpaired) electrons. The summed E-state index contributed by atoms with van der Waals surface area (Å²) in [6.07, 6.45) is 2.50. The lowest BCUT2D eigenvalue weighted by molar-refractivity contribution is -0.116. The highest BCUT2D eigenvalue weighted by Crippen LogP contribution is 2.47. The molecular weight excluding hydrogens is 528 g/mol. The molecule has 206 valence electrons. The highest BCUT2D eigenvalue weighted by molar-refractivity contribution is 6.08. The first kappa shape index (κ1) is 25.9. The minimum Gasteiger partial charge on any atom is -0.436 e. The van der Waals surface area contributed by atoms with Crippen LogP contribution in [0.25, 0.3) is 22.2 Å². The molecule has 0 unspecified atom stereocenters. The van der Waals surface area contributed by atoms with Crippen LogP contribution < -0.4 is 20.7 Å². The number of nitrogens with two attached hydrogens (primary N) is 1. The first-order valence-corrected chi connectivity index (χ1v) is 12.8. The Labute approximate surface area is 233 Å². The zero-order valence-electron chi connectivity index (χ0n) is 22.1. The number of amides is 1. The van der Waals surface area contributed by atoms with Crippen molar-refractivity contribution in [2.75, 3.05) is 17.2 Å². The number of ether oxygens (including phenoxy) is 1. The van der Waals surface area contributed by atoms with Gasteiger partial charge >= 0.3 is 0 Å². The Morgan fingerprint density at radius 3 is 2.76 bits per heavy atom. The fourth-order valence-corrected chi connectivity index (χ4v) is 5.08. The van der Waals surface area contributed by atoms with E-state index in [1.807, 2.05) is 22.5 Å². The summed E-state index contributed by atoms with van der Waals surface area (Å²) in [5.74, 6) is -0.389. The molecule has 6 rings (SSSR count). The molecule has 3 N–H and O–H groups in total. The number of fused-ring (bicyclic) bond motifs is 3. The molecule has 0 fully saturated rings. The van der Waals surface area contributed by atoms with Gasteiger partial charge in [-0.2, -0.15) is 0 Å². The maximum atomic E-state index is 15.8. The highest BCUT2D eigenvalue weighted by atomic mass is 19.1. The molecule has 0 saturated carbocycles. The molecule has 0 atom stereocenters. The number of pyridine rings is 1. The van der Waals surface area contributed by atoms with Gasteiger partial charge in [0.05, 0.1) is 11.1 Å². The molecule has 3 aromatic heterocycles. The molecule has 5 aromatic rings. The van der Waals surface area contributed by atoms with Crippen molar-refractivity contribution in [3.63, 3.8) is 0 Å². The fourth-order valence-electron chi connectivity index (χ4n) is 5.08. The van der Waals surface area contributed by atoms with Crippen molar-refractivity contribution in [2.24, 2.45) is 0 Å². The first-order chi connectivity index (χ1) is 19.9. The van der Waals surface area contributed by atoms with Gasteiger partial charge in [-0.1, -0.05) is 30.8 Å². The minimum atomic E-state index is -0.606. The number of carbonyl (C=O) groups is 1. The molecule has 0 spiro atoms. The number of aromatic nitrogens is 4. The zero-order valence-corrected chi connectivity index (χ0v) is 22.1. The summed E-state index contributed by atoms with van der Waals surface area (Å²) in [5.41, 5.74) is 9.30. The lowest BCUT2D eigenvalue weighted by atomic mass is 10.0. The van der Waals surface area contributed by atoms with Crippen LogP contribution in [0.5, 0.6) is 11.6 Å². The number of halogens is 2. The molecule has 4 heterocycles. The number of rotatable bonds is 7. The van der Waals surface area contributed by atoms with E-state index in [0.717, 1.165) is 11.8 Å². The Balaban J connectivity index is 1.46. The molecule has 11 heteroatoms. The number of hydrogen-bond acceptors (Lipinski definition) is 7. The van der Waals surface area contributed by atoms with Crippen molar-refractivity contribution in [1.29, 1.82) is 0 Å². The van der Waals surface area contributed by atoms with Crippen LogP contribution in [0.1, 0.15) is 11.3 Å². The zero-order chi connectivity index (χ0) is 28.7. The number of nitrogens with zero attached hydrogens (tertiary/aromatic N) is 5. The molecular formula is C30H25F2N7O2. The summed E-state index contributed by atoms with van der Waals surface area (Å²) < 4.78 is 38.9. The second-order valence-electron chi connectivity index (χ2n) is 9.50. The van der Waals surface area contributed by atoms with Crippen molar-refractivity contribution in [2.45, 2.75) is 20.0 Å². The van der Waals surface area contributed by atoms with E-state index < -0.39 is 17.5 Å². The first-order valence-electron chi connectivity index (χ1n) is 12.8. The van der Waals surface area contributed by atoms with Crippen LogP contribution in [0.15, 0.2) is 73.6 Å². The minimum absolute atomic E-state index is 0.00486. The number of hydrogen-bond donors (Lipinski definition) is 2. The standard InChI is InChI=1S/C30H25F2N7O2/c1-3-23(40)34-15-19-7-5-8-21(27(19)32)38-12-13-39-29-26(28(33)35-16-36-29)25(30(38)39)18-10-11-22(20(31)14-18)41-24-9-4-6-17(2)37-24/h3-11,14,16H,1,12-13,15H2,2H3,(H,34,40)(H2,33,35,36). The average Bonchev–Trinajstić information content (AvgIpc) is 3.53. The fraction of sp³-hybridized carbons (Fsp3) is 0.133. The van der Waals surface area contributed by atoms with Gasteiger partial charge in [-0.15, -0.1) is 0 Å². The van der Waals surface area contributed by atoms with E-state index in [1.165, 1.54) is 18.5 Å². The SMILES string of the molecule is C=CC(=O)NCc1cccc(N2CCn3c2c(-c2ccc(Oc4cccc(C)n4)c(F)c2)c2c(N)ncnc23)c1F. The van der Waals surface area contributed by atoms with Gasteiger partial charge in [-0.05, 0) is 42.8 Å². The second kappa shape index (κ2) is 10.3. The summed E-state index contributed by atoms with van der Waals surface area (Å²) in [7, 11) is 0. The summed E-state index contributed by atoms with van der Waals surface area (Å²) in [6.45, 7) is 6.16. The Morgan fingerprint density at radius 2 is 1.98 bits per heavy atom. The van der Waals surface area contributed by atoms with Crippen molar-refractivity contribution in [3.8, 4) is 22.8 Å². The summed E-state index contributed by atoms with van der Waals surface area (Å²) in [5, 5.41) is 3.15. The van der Waals surface area contributed by atoms with Gasteiger partial charge in [0, 0.05) is 42.5 Å². The Kier molecular flexibility index (Phi) is 6.54. The van der Waals surface area contributed by atoms with Gasteiger partial charge in [-0.25, -0.2) is 23.7 Å². The van der Waals surface area contributed by atoms with Crippen LogP contribution in [-0.2, 0) is 17.9 Å². The Hall–Kier alpha value is -5.32. The van der Waals surface area contributed by atoms with Gasteiger partial charge in [0.1, 0.15) is 23.6 Å². The van der Waals surface area contributed by atoms with Crippen molar-refractivity contribution in [3.05, 3.63) is 96.5 Å². The van der Waals surface area contributed by atoms with E-state index in [2.05, 4.69) is 26.8 Å². The normalized spacial score (nSPS) is 12.4. The van der Waals surface area contributed by atoms with E-state index in [-0.39, 0.29) is 24.0 Å². The lowest BCUT2D eigenvalue weighted by Gasteiger charge is -2.22. The van der Waals surface area contributed by atoms with E-state index >= 15 is 8.78 Å². The molecule has 0 bridgehead atoms. The predicted octanol–water partition coefficient (Wildman–Crippen LogP) is 5.41. The van der Waals surface area contributed by atoms with Gasteiger partial charge < -0.3 is 25.3 Å². The van der Waals surface area contributed by atoms with E-state index in [9.17, 15) is 4.79 Å². The van der Waals surface area contributed by atoms with E-state index in [0.29, 0.717) is 52.3 Å². The topological polar surface area (TPSA) is 111 Å². The molecule has 0 saturated heterocycles. The van der Waals surface area contributed by atoms with Gasteiger partial charge in [0.15, 0.2) is 17.4 Å². The van der Waals surface area contributed by atoms with E-state index in [4.69, 9.17) is 10.5 Å². The van der Waals surface area contributed by atoms with Gasteiger partial charge in [0.2, 0.25) is 11.8 Å². The average molecular weight is 554 g/mol. The maximum absolute atomic E-state index is 15.8. The number of nitrogen functional groups attached to an aromatic ring is 1. The molecule has 41 heavy (non-hydrogen) atoms. The monoisotopic (exact) mass is 553 g/mol. The lowest BCUT2D eigenvalue weighted by Crippen LogP contribution is -2.22. The van der Waals surface area contributed by atoms with Crippen LogP contribution in [-0.4, -0.2) is 32.0 Å². The third-order valence-electron chi connectivity index (χ3n) is 6.93. The number of carbonyl (C=O) groups excluding carboxylic acids is 1. The molecule has 0 aliphatic carbocycles. The van der Waals surface area contributed by atoms with Crippen molar-refractivity contribution >= 4 is 34.3 Å². The smallest absolute Gasteiger partial charge is 0.243 e. The Bertz CT molecular complexity index is 1840. The third kappa shape index (κ3) is 4.61. The van der Waals surface area contributed by atoms with Gasteiger partial charge in [0.25, 0.3) is 0 Å². The maximum Gasteiger partial charge on any atom is 0.243 e.